The lowest BCUT2D eigenvalue weighted by Crippen LogP contribution is -2.49. The van der Waals surface area contributed by atoms with Crippen LogP contribution in [-0.4, -0.2) is 54.7 Å². The molecule has 1 heterocycles. The van der Waals surface area contributed by atoms with Crippen molar-refractivity contribution >= 4 is 11.9 Å². The smallest absolute Gasteiger partial charge is 0.326 e. The lowest BCUT2D eigenvalue weighted by Gasteiger charge is -2.22. The molecule has 1 aliphatic heterocycles. The van der Waals surface area contributed by atoms with Crippen LogP contribution >= 0.6 is 0 Å². The molecule has 1 fully saturated rings. The van der Waals surface area contributed by atoms with Crippen LogP contribution in [0.3, 0.4) is 0 Å². The quantitative estimate of drug-likeness (QED) is 0.770. The molecule has 2 aromatic rings. The van der Waals surface area contributed by atoms with Crippen LogP contribution < -0.4 is 10.1 Å². The number of rotatable bonds is 7. The monoisotopic (exact) mass is 382 g/mol. The third kappa shape index (κ3) is 4.51. The van der Waals surface area contributed by atoms with Gasteiger partial charge in [-0.1, -0.05) is 42.5 Å². The molecular weight excluding hydrogens is 356 g/mol. The van der Waals surface area contributed by atoms with E-state index in [9.17, 15) is 14.7 Å². The third-order valence-corrected chi connectivity index (χ3v) is 5.25. The van der Waals surface area contributed by atoms with Crippen LogP contribution in [0.1, 0.15) is 18.4 Å². The Labute approximate surface area is 165 Å². The molecule has 6 nitrogen and oxygen atoms in total. The highest BCUT2D eigenvalue weighted by molar-refractivity contribution is 5.87. The summed E-state index contributed by atoms with van der Waals surface area (Å²) >= 11 is 0. The molecule has 1 aliphatic rings. The standard InChI is InChI=1S/C22H26N2O4/c1-24-13-5-7-19(24)21(25)23-18(22(26)27)14-15-9-11-16(12-10-15)17-6-3-4-8-20(17)28-2/h3-4,6,8-12,18-19H,5,7,13-14H2,1-2H3,(H,23,25)(H,26,27)/t18-,19-/m0/s1. The van der Waals surface area contributed by atoms with Crippen molar-refractivity contribution in [2.45, 2.75) is 31.3 Å². The van der Waals surface area contributed by atoms with Gasteiger partial charge in [-0.15, -0.1) is 0 Å². The Bertz CT molecular complexity index is 835. The molecule has 0 saturated carbocycles. The first-order valence-corrected chi connectivity index (χ1v) is 9.45. The normalized spacial score (nSPS) is 17.9. The summed E-state index contributed by atoms with van der Waals surface area (Å²) in [5, 5.41) is 12.2. The number of carboxylic acids is 1. The van der Waals surface area contributed by atoms with Crippen LogP contribution in [0.5, 0.6) is 5.75 Å². The lowest BCUT2D eigenvalue weighted by molar-refractivity contribution is -0.142. The SMILES string of the molecule is COc1ccccc1-c1ccc(C[C@H](NC(=O)[C@@H]2CCCN2C)C(=O)O)cc1. The van der Waals surface area contributed by atoms with Crippen LogP contribution in [0.4, 0.5) is 0 Å². The molecule has 2 N–H and O–H groups in total. The summed E-state index contributed by atoms with van der Waals surface area (Å²) in [4.78, 5) is 26.1. The number of carbonyl (C=O) groups is 2. The number of amides is 1. The predicted octanol–water partition coefficient (Wildman–Crippen LogP) is 2.57. The molecule has 0 unspecified atom stereocenters. The molecule has 0 aromatic heterocycles. The van der Waals surface area contributed by atoms with Gasteiger partial charge in [-0.3, -0.25) is 9.69 Å². The summed E-state index contributed by atoms with van der Waals surface area (Å²) in [6, 6.07) is 14.2. The lowest BCUT2D eigenvalue weighted by atomic mass is 10.00. The van der Waals surface area contributed by atoms with Crippen molar-refractivity contribution in [2.75, 3.05) is 20.7 Å². The van der Waals surface area contributed by atoms with E-state index in [1.807, 2.05) is 60.5 Å². The third-order valence-electron chi connectivity index (χ3n) is 5.25. The van der Waals surface area contributed by atoms with Gasteiger partial charge in [0.25, 0.3) is 0 Å². The number of ether oxygens (including phenoxy) is 1. The number of carboxylic acid groups (broad SMARTS) is 1. The average Bonchev–Trinajstić information content (AvgIpc) is 3.14. The van der Waals surface area contributed by atoms with E-state index in [1.54, 1.807) is 7.11 Å². The van der Waals surface area contributed by atoms with Gasteiger partial charge in [-0.25, -0.2) is 4.79 Å². The maximum Gasteiger partial charge on any atom is 0.326 e. The van der Waals surface area contributed by atoms with Gasteiger partial charge in [0, 0.05) is 12.0 Å². The Morgan fingerprint density at radius 2 is 1.93 bits per heavy atom. The second-order valence-electron chi connectivity index (χ2n) is 7.14. The van der Waals surface area contributed by atoms with Crippen molar-refractivity contribution in [1.29, 1.82) is 0 Å². The second-order valence-corrected chi connectivity index (χ2v) is 7.14. The van der Waals surface area contributed by atoms with Gasteiger partial charge >= 0.3 is 5.97 Å². The summed E-state index contributed by atoms with van der Waals surface area (Å²) in [6.07, 6.45) is 1.96. The van der Waals surface area contributed by atoms with Crippen molar-refractivity contribution in [1.82, 2.24) is 10.2 Å². The molecule has 2 aromatic carbocycles. The van der Waals surface area contributed by atoms with Gasteiger partial charge in [0.15, 0.2) is 0 Å². The van der Waals surface area contributed by atoms with Crippen molar-refractivity contribution < 1.29 is 19.4 Å². The van der Waals surface area contributed by atoms with Crippen LogP contribution in [0.15, 0.2) is 48.5 Å². The molecule has 6 heteroatoms. The second kappa shape index (κ2) is 8.89. The summed E-state index contributed by atoms with van der Waals surface area (Å²) in [6.45, 7) is 0.861. The Balaban J connectivity index is 1.70. The van der Waals surface area contributed by atoms with E-state index in [4.69, 9.17) is 4.74 Å². The van der Waals surface area contributed by atoms with Gasteiger partial charge in [0.1, 0.15) is 11.8 Å². The molecule has 148 valence electrons. The number of hydrogen-bond donors (Lipinski definition) is 2. The van der Waals surface area contributed by atoms with Crippen LogP contribution in [0.2, 0.25) is 0 Å². The number of likely N-dealkylation sites (tertiary alicyclic amines) is 1. The molecule has 0 bridgehead atoms. The summed E-state index contributed by atoms with van der Waals surface area (Å²) in [5.41, 5.74) is 2.82. The molecule has 3 rings (SSSR count). The minimum atomic E-state index is -1.03. The number of benzene rings is 2. The Morgan fingerprint density at radius 3 is 2.54 bits per heavy atom. The minimum absolute atomic E-state index is 0.210. The Kier molecular flexibility index (Phi) is 6.31. The molecule has 0 spiro atoms. The fourth-order valence-corrected chi connectivity index (χ4v) is 3.65. The largest absolute Gasteiger partial charge is 0.496 e. The van der Waals surface area contributed by atoms with E-state index in [0.717, 1.165) is 41.8 Å². The number of carbonyl (C=O) groups excluding carboxylic acids is 1. The highest BCUT2D eigenvalue weighted by Gasteiger charge is 2.30. The molecule has 0 aliphatic carbocycles. The zero-order chi connectivity index (χ0) is 20.1. The van der Waals surface area contributed by atoms with E-state index >= 15 is 0 Å². The Morgan fingerprint density at radius 1 is 1.21 bits per heavy atom. The first kappa shape index (κ1) is 19.9. The zero-order valence-electron chi connectivity index (χ0n) is 16.2. The molecule has 1 saturated heterocycles. The first-order chi connectivity index (χ1) is 13.5. The molecule has 2 atom stereocenters. The van der Waals surface area contributed by atoms with E-state index in [2.05, 4.69) is 5.32 Å². The first-order valence-electron chi connectivity index (χ1n) is 9.45. The van der Waals surface area contributed by atoms with Gasteiger partial charge < -0.3 is 15.2 Å². The summed E-state index contributed by atoms with van der Waals surface area (Å²) < 4.78 is 5.40. The molecule has 28 heavy (non-hydrogen) atoms. The summed E-state index contributed by atoms with van der Waals surface area (Å²) in [7, 11) is 3.53. The zero-order valence-corrected chi connectivity index (χ0v) is 16.2. The van der Waals surface area contributed by atoms with Crippen LogP contribution in [0.25, 0.3) is 11.1 Å². The molecule has 0 radical (unpaired) electrons. The van der Waals surface area contributed by atoms with Gasteiger partial charge in [0.05, 0.1) is 13.2 Å². The van der Waals surface area contributed by atoms with E-state index in [1.165, 1.54) is 0 Å². The van der Waals surface area contributed by atoms with Gasteiger partial charge in [-0.05, 0) is 43.6 Å². The maximum atomic E-state index is 12.4. The van der Waals surface area contributed by atoms with Crippen molar-refractivity contribution in [2.24, 2.45) is 0 Å². The number of likely N-dealkylation sites (N-methyl/N-ethyl adjacent to an activating group) is 1. The average molecular weight is 382 g/mol. The fraction of sp³-hybridized carbons (Fsp3) is 0.364. The van der Waals surface area contributed by atoms with E-state index in [0.29, 0.717) is 0 Å². The van der Waals surface area contributed by atoms with Crippen LogP contribution in [0, 0.1) is 0 Å². The minimum Gasteiger partial charge on any atom is -0.496 e. The van der Waals surface area contributed by atoms with Crippen molar-refractivity contribution in [3.05, 3.63) is 54.1 Å². The van der Waals surface area contributed by atoms with Crippen molar-refractivity contribution in [3.8, 4) is 16.9 Å². The number of methoxy groups -OCH3 is 1. The molecular formula is C22H26N2O4. The van der Waals surface area contributed by atoms with Gasteiger partial charge in [0.2, 0.25) is 5.91 Å². The number of nitrogens with one attached hydrogen (secondary N) is 1. The van der Waals surface area contributed by atoms with E-state index in [-0.39, 0.29) is 18.4 Å². The molecule has 1 amide bonds. The number of hydrogen-bond acceptors (Lipinski definition) is 4. The van der Waals surface area contributed by atoms with E-state index < -0.39 is 12.0 Å². The fourth-order valence-electron chi connectivity index (χ4n) is 3.65. The highest BCUT2D eigenvalue weighted by Crippen LogP contribution is 2.29. The predicted molar refractivity (Wildman–Crippen MR) is 107 cm³/mol. The number of nitrogens with zero attached hydrogens (tertiary/aromatic N) is 1. The highest BCUT2D eigenvalue weighted by atomic mass is 16.5. The number of para-hydroxylation sites is 1. The van der Waals surface area contributed by atoms with Crippen LogP contribution in [-0.2, 0) is 16.0 Å². The van der Waals surface area contributed by atoms with Crippen molar-refractivity contribution in [3.63, 3.8) is 0 Å². The topological polar surface area (TPSA) is 78.9 Å². The Hall–Kier alpha value is -2.86. The number of aliphatic carboxylic acids is 1. The summed E-state index contributed by atoms with van der Waals surface area (Å²) in [5.74, 6) is -0.451. The maximum absolute atomic E-state index is 12.4. The van der Waals surface area contributed by atoms with Gasteiger partial charge in [-0.2, -0.15) is 0 Å².